The number of nitrogens with one attached hydrogen (secondary N) is 1. The quantitative estimate of drug-likeness (QED) is 0.625. The lowest BCUT2D eigenvalue weighted by molar-refractivity contribution is 0.0468. The van der Waals surface area contributed by atoms with Crippen molar-refractivity contribution in [2.24, 2.45) is 0 Å². The Morgan fingerprint density at radius 3 is 3.12 bits per heavy atom. The van der Waals surface area contributed by atoms with E-state index in [0.717, 1.165) is 25.1 Å². The van der Waals surface area contributed by atoms with Crippen LogP contribution in [0.3, 0.4) is 0 Å². The molecule has 1 aliphatic heterocycles. The molecule has 0 aromatic heterocycles. The molecule has 0 aliphatic carbocycles. The molecule has 0 radical (unpaired) electrons. The molecule has 1 aliphatic rings. The monoisotopic (exact) mass is 235 g/mol. The highest BCUT2D eigenvalue weighted by molar-refractivity contribution is 5.90. The molecule has 1 heterocycles. The van der Waals surface area contributed by atoms with Crippen LogP contribution >= 0.6 is 0 Å². The minimum absolute atomic E-state index is 0.254. The maximum atomic E-state index is 11.7. The van der Waals surface area contributed by atoms with Gasteiger partial charge in [0.05, 0.1) is 12.2 Å². The minimum Gasteiger partial charge on any atom is -0.462 e. The number of carbonyl (C=O) groups is 1. The van der Waals surface area contributed by atoms with Gasteiger partial charge in [-0.25, -0.2) is 4.79 Å². The Kier molecular flexibility index (Phi) is 3.98. The van der Waals surface area contributed by atoms with Crippen LogP contribution in [-0.2, 0) is 15.9 Å². The largest absolute Gasteiger partial charge is 0.462 e. The molecule has 2 rings (SSSR count). The van der Waals surface area contributed by atoms with Gasteiger partial charge in [-0.05, 0) is 30.2 Å². The van der Waals surface area contributed by atoms with Gasteiger partial charge in [0.1, 0.15) is 0 Å². The molecule has 0 saturated heterocycles. The number of hydrogen-bond donors (Lipinski definition) is 1. The highest BCUT2D eigenvalue weighted by Gasteiger charge is 2.13. The van der Waals surface area contributed by atoms with Crippen molar-refractivity contribution in [1.29, 1.82) is 0 Å². The third-order valence-corrected chi connectivity index (χ3v) is 2.78. The Morgan fingerprint density at radius 2 is 2.29 bits per heavy atom. The average molecular weight is 235 g/mol. The first-order chi connectivity index (χ1) is 8.31. The van der Waals surface area contributed by atoms with Crippen LogP contribution < -0.4 is 5.32 Å². The molecule has 0 unspecified atom stereocenters. The van der Waals surface area contributed by atoms with E-state index in [9.17, 15) is 4.79 Å². The molecule has 1 aromatic rings. The maximum Gasteiger partial charge on any atom is 0.338 e. The topological polar surface area (TPSA) is 47.6 Å². The molecule has 92 valence electrons. The Bertz CT molecular complexity index is 404. The van der Waals surface area contributed by atoms with E-state index in [0.29, 0.717) is 18.8 Å². The third kappa shape index (κ3) is 2.97. The summed E-state index contributed by atoms with van der Waals surface area (Å²) >= 11 is 0. The maximum absolute atomic E-state index is 11.7. The van der Waals surface area contributed by atoms with Gasteiger partial charge in [-0.3, -0.25) is 0 Å². The van der Waals surface area contributed by atoms with E-state index >= 15 is 0 Å². The van der Waals surface area contributed by atoms with E-state index in [-0.39, 0.29) is 5.97 Å². The molecule has 0 saturated carbocycles. The predicted octanol–water partition coefficient (Wildman–Crippen LogP) is 1.85. The van der Waals surface area contributed by atoms with Crippen LogP contribution in [0.15, 0.2) is 18.2 Å². The van der Waals surface area contributed by atoms with Crippen molar-refractivity contribution in [3.05, 3.63) is 29.3 Å². The molecule has 0 amide bonds. The SMILES string of the molecule is COCCCOC(=O)c1ccc2c(c1)CCN2. The highest BCUT2D eigenvalue weighted by atomic mass is 16.5. The molecule has 0 spiro atoms. The van der Waals surface area contributed by atoms with Crippen LogP contribution in [0, 0.1) is 0 Å². The molecule has 17 heavy (non-hydrogen) atoms. The lowest BCUT2D eigenvalue weighted by Gasteiger charge is -2.06. The van der Waals surface area contributed by atoms with Crippen molar-refractivity contribution >= 4 is 11.7 Å². The minimum atomic E-state index is -0.254. The van der Waals surface area contributed by atoms with Gasteiger partial charge in [-0.2, -0.15) is 0 Å². The van der Waals surface area contributed by atoms with Crippen molar-refractivity contribution in [2.45, 2.75) is 12.8 Å². The summed E-state index contributed by atoms with van der Waals surface area (Å²) in [6.07, 6.45) is 1.70. The zero-order valence-electron chi connectivity index (χ0n) is 9.99. The van der Waals surface area contributed by atoms with E-state index in [1.807, 2.05) is 12.1 Å². The average Bonchev–Trinajstić information content (AvgIpc) is 2.81. The van der Waals surface area contributed by atoms with E-state index in [2.05, 4.69) is 5.32 Å². The molecule has 0 bridgehead atoms. The van der Waals surface area contributed by atoms with Crippen molar-refractivity contribution in [3.63, 3.8) is 0 Å². The molecule has 4 nitrogen and oxygen atoms in total. The van der Waals surface area contributed by atoms with Crippen LogP contribution in [0.1, 0.15) is 22.3 Å². The molecular formula is C13H17NO3. The lowest BCUT2D eigenvalue weighted by Crippen LogP contribution is -2.08. The van der Waals surface area contributed by atoms with Crippen molar-refractivity contribution in [1.82, 2.24) is 0 Å². The smallest absolute Gasteiger partial charge is 0.338 e. The second-order valence-electron chi connectivity index (χ2n) is 4.03. The summed E-state index contributed by atoms with van der Waals surface area (Å²) in [4.78, 5) is 11.7. The molecule has 1 N–H and O–H groups in total. The van der Waals surface area contributed by atoms with Crippen LogP contribution in [0.25, 0.3) is 0 Å². The zero-order chi connectivity index (χ0) is 12.1. The first-order valence-corrected chi connectivity index (χ1v) is 5.84. The van der Waals surface area contributed by atoms with Gasteiger partial charge in [-0.1, -0.05) is 0 Å². The Morgan fingerprint density at radius 1 is 1.41 bits per heavy atom. The second kappa shape index (κ2) is 5.68. The third-order valence-electron chi connectivity index (χ3n) is 2.78. The fourth-order valence-corrected chi connectivity index (χ4v) is 1.88. The summed E-state index contributed by atoms with van der Waals surface area (Å²) < 4.78 is 10.0. The summed E-state index contributed by atoms with van der Waals surface area (Å²) in [7, 11) is 1.63. The van der Waals surface area contributed by atoms with Gasteiger partial charge in [0, 0.05) is 32.4 Å². The molecule has 0 fully saturated rings. The number of rotatable bonds is 5. The first kappa shape index (κ1) is 11.9. The van der Waals surface area contributed by atoms with E-state index in [1.54, 1.807) is 13.2 Å². The van der Waals surface area contributed by atoms with Gasteiger partial charge >= 0.3 is 5.97 Å². The number of hydrogen-bond acceptors (Lipinski definition) is 4. The predicted molar refractivity (Wildman–Crippen MR) is 65.4 cm³/mol. The van der Waals surface area contributed by atoms with E-state index < -0.39 is 0 Å². The van der Waals surface area contributed by atoms with Crippen molar-refractivity contribution in [3.8, 4) is 0 Å². The summed E-state index contributed by atoms with van der Waals surface area (Å²) in [6.45, 7) is 1.96. The normalized spacial score (nSPS) is 13.0. The van der Waals surface area contributed by atoms with E-state index in [1.165, 1.54) is 5.56 Å². The molecular weight excluding hydrogens is 218 g/mol. The second-order valence-corrected chi connectivity index (χ2v) is 4.03. The summed E-state index contributed by atoms with van der Waals surface area (Å²) in [5, 5.41) is 3.26. The molecule has 0 atom stereocenters. The number of esters is 1. The number of anilines is 1. The number of benzene rings is 1. The standard InChI is InChI=1S/C13H17NO3/c1-16-7-2-8-17-13(15)11-3-4-12-10(9-11)5-6-14-12/h3-4,9,14H,2,5-8H2,1H3. The summed E-state index contributed by atoms with van der Waals surface area (Å²) in [5.74, 6) is -0.254. The number of methoxy groups -OCH3 is 1. The number of fused-ring (bicyclic) bond motifs is 1. The van der Waals surface area contributed by atoms with Crippen molar-refractivity contribution in [2.75, 3.05) is 32.2 Å². The zero-order valence-corrected chi connectivity index (χ0v) is 9.99. The van der Waals surface area contributed by atoms with Gasteiger partial charge in [0.25, 0.3) is 0 Å². The molecule has 4 heteroatoms. The fourth-order valence-electron chi connectivity index (χ4n) is 1.88. The fraction of sp³-hybridized carbons (Fsp3) is 0.462. The van der Waals surface area contributed by atoms with E-state index in [4.69, 9.17) is 9.47 Å². The van der Waals surface area contributed by atoms with Gasteiger partial charge in [0.15, 0.2) is 0 Å². The highest BCUT2D eigenvalue weighted by Crippen LogP contribution is 2.23. The van der Waals surface area contributed by atoms with Crippen LogP contribution in [-0.4, -0.2) is 32.8 Å². The molecule has 1 aromatic carbocycles. The Balaban J connectivity index is 1.91. The Labute approximate surface area is 101 Å². The van der Waals surface area contributed by atoms with Crippen molar-refractivity contribution < 1.29 is 14.3 Å². The summed E-state index contributed by atoms with van der Waals surface area (Å²) in [5.41, 5.74) is 2.95. The van der Waals surface area contributed by atoms with Crippen LogP contribution in [0.4, 0.5) is 5.69 Å². The van der Waals surface area contributed by atoms with Crippen LogP contribution in [0.5, 0.6) is 0 Å². The first-order valence-electron chi connectivity index (χ1n) is 5.84. The van der Waals surface area contributed by atoms with Gasteiger partial charge < -0.3 is 14.8 Å². The number of carbonyl (C=O) groups excluding carboxylic acids is 1. The summed E-state index contributed by atoms with van der Waals surface area (Å²) in [6, 6.07) is 5.65. The van der Waals surface area contributed by atoms with Gasteiger partial charge in [-0.15, -0.1) is 0 Å². The lowest BCUT2D eigenvalue weighted by atomic mass is 10.1. The van der Waals surface area contributed by atoms with Gasteiger partial charge in [0.2, 0.25) is 0 Å². The number of ether oxygens (including phenoxy) is 2. The Hall–Kier alpha value is -1.55. The van der Waals surface area contributed by atoms with Crippen LogP contribution in [0.2, 0.25) is 0 Å².